The van der Waals surface area contributed by atoms with Crippen molar-refractivity contribution in [3.8, 4) is 12.3 Å². The molecule has 14 heteroatoms. The molecule has 0 saturated heterocycles. The Bertz CT molecular complexity index is 1590. The van der Waals surface area contributed by atoms with E-state index in [1.807, 2.05) is 0 Å². The highest BCUT2D eigenvalue weighted by atomic mass is 35.5. The largest absolute Gasteiger partial charge is 0.419 e. The minimum absolute atomic E-state index is 0.0189. The molecule has 1 aliphatic rings. The Labute approximate surface area is 244 Å². The zero-order valence-corrected chi connectivity index (χ0v) is 22.5. The highest BCUT2D eigenvalue weighted by Crippen LogP contribution is 2.65. The second-order valence-corrected chi connectivity index (χ2v) is 10.7. The van der Waals surface area contributed by atoms with E-state index < -0.39 is 68.5 Å². The number of carbonyl (C=O) groups is 2. The van der Waals surface area contributed by atoms with Gasteiger partial charge in [-0.25, -0.2) is 13.2 Å². The van der Waals surface area contributed by atoms with Crippen LogP contribution in [0, 0.1) is 35.7 Å². The molecule has 0 unspecified atom stereocenters. The summed E-state index contributed by atoms with van der Waals surface area (Å²) in [6.45, 7) is -0.183. The molecule has 3 aromatic rings. The van der Waals surface area contributed by atoms with Crippen molar-refractivity contribution in [1.29, 1.82) is 0 Å². The number of nitrogens with one attached hydrogen (secondary N) is 3. The summed E-state index contributed by atoms with van der Waals surface area (Å²) in [6, 6.07) is 7.81. The van der Waals surface area contributed by atoms with Crippen molar-refractivity contribution in [2.45, 2.75) is 16.4 Å². The number of alkyl halides is 5. The number of rotatable bonds is 7. The third-order valence-electron chi connectivity index (χ3n) is 6.18. The topological polar surface area (TPSA) is 70.2 Å². The lowest BCUT2D eigenvalue weighted by Crippen LogP contribution is -2.19. The first-order valence-electron chi connectivity index (χ1n) is 11.5. The summed E-state index contributed by atoms with van der Waals surface area (Å²) in [5, 5.41) is 7.00. The van der Waals surface area contributed by atoms with Gasteiger partial charge in [0.2, 0.25) is 5.91 Å². The Morgan fingerprint density at radius 2 is 1.66 bits per heavy atom. The lowest BCUT2D eigenvalue weighted by atomic mass is 10.0. The van der Waals surface area contributed by atoms with Crippen LogP contribution >= 0.6 is 34.8 Å². The fourth-order valence-corrected chi connectivity index (χ4v) is 5.19. The van der Waals surface area contributed by atoms with Gasteiger partial charge in [0, 0.05) is 11.6 Å². The molecule has 1 fully saturated rings. The lowest BCUT2D eigenvalue weighted by Gasteiger charge is -2.13. The summed E-state index contributed by atoms with van der Waals surface area (Å²) < 4.78 is 80.1. The Morgan fingerprint density at radius 1 is 0.976 bits per heavy atom. The van der Waals surface area contributed by atoms with Crippen molar-refractivity contribution in [1.82, 2.24) is 0 Å². The first-order chi connectivity index (χ1) is 19.2. The molecule has 2 amide bonds. The highest BCUT2D eigenvalue weighted by Gasteiger charge is 2.67. The van der Waals surface area contributed by atoms with Gasteiger partial charge in [0.25, 0.3) is 5.91 Å². The van der Waals surface area contributed by atoms with Gasteiger partial charge in [-0.3, -0.25) is 9.59 Å². The SMILES string of the molecule is C#CCNc1c(F)ccc(NC(=O)c2cc(NC(=O)[C@H]3[C@H](c4ccc(F)c(C(F)(F)F)c4)C3(Cl)Cl)ccc2Cl)c1F. The normalized spacial score (nSPS) is 17.4. The van der Waals surface area contributed by atoms with Crippen LogP contribution in [0.1, 0.15) is 27.4 Å². The van der Waals surface area contributed by atoms with Crippen LogP contribution in [0.4, 0.5) is 43.4 Å². The average Bonchev–Trinajstić information content (AvgIpc) is 3.48. The number of benzene rings is 3. The van der Waals surface area contributed by atoms with Gasteiger partial charge in [-0.1, -0.05) is 23.6 Å². The van der Waals surface area contributed by atoms with E-state index in [1.54, 1.807) is 0 Å². The molecule has 0 spiro atoms. The van der Waals surface area contributed by atoms with Crippen LogP contribution in [0.5, 0.6) is 0 Å². The maximum absolute atomic E-state index is 14.8. The Morgan fingerprint density at radius 3 is 2.32 bits per heavy atom. The smallest absolute Gasteiger partial charge is 0.369 e. The predicted octanol–water partition coefficient (Wildman–Crippen LogP) is 7.60. The molecule has 0 bridgehead atoms. The number of halogens is 9. The van der Waals surface area contributed by atoms with E-state index in [4.69, 9.17) is 41.2 Å². The third kappa shape index (κ3) is 6.20. The molecule has 4 rings (SSSR count). The minimum Gasteiger partial charge on any atom is -0.369 e. The van der Waals surface area contributed by atoms with Gasteiger partial charge >= 0.3 is 6.18 Å². The van der Waals surface area contributed by atoms with Gasteiger partial charge in [0.05, 0.1) is 34.3 Å². The van der Waals surface area contributed by atoms with E-state index in [-0.39, 0.29) is 28.4 Å². The van der Waals surface area contributed by atoms with Crippen LogP contribution in [0.3, 0.4) is 0 Å². The van der Waals surface area contributed by atoms with Crippen molar-refractivity contribution < 1.29 is 35.9 Å². The van der Waals surface area contributed by atoms with Crippen LogP contribution < -0.4 is 16.0 Å². The molecular formula is C27H16Cl3F6N3O2. The van der Waals surface area contributed by atoms with Crippen molar-refractivity contribution in [2.75, 3.05) is 22.5 Å². The highest BCUT2D eigenvalue weighted by molar-refractivity contribution is 6.53. The number of carbonyl (C=O) groups excluding carboxylic acids is 2. The van der Waals surface area contributed by atoms with Crippen molar-refractivity contribution in [2.24, 2.45) is 5.92 Å². The van der Waals surface area contributed by atoms with Crippen molar-refractivity contribution in [3.05, 3.63) is 87.7 Å². The summed E-state index contributed by atoms with van der Waals surface area (Å²) >= 11 is 18.5. The second-order valence-electron chi connectivity index (χ2n) is 8.85. The summed E-state index contributed by atoms with van der Waals surface area (Å²) in [7, 11) is 0. The lowest BCUT2D eigenvalue weighted by molar-refractivity contribution is -0.140. The summed E-state index contributed by atoms with van der Waals surface area (Å²) in [5.41, 5.74) is -2.78. The van der Waals surface area contributed by atoms with Gasteiger partial charge < -0.3 is 16.0 Å². The molecule has 0 aromatic heterocycles. The molecule has 1 aliphatic carbocycles. The molecule has 0 radical (unpaired) electrons. The van der Waals surface area contributed by atoms with Gasteiger partial charge in [-0.15, -0.1) is 29.6 Å². The fraction of sp³-hybridized carbons (Fsp3) is 0.185. The zero-order valence-electron chi connectivity index (χ0n) is 20.3. The van der Waals surface area contributed by atoms with Gasteiger partial charge in [0.15, 0.2) is 5.82 Å². The number of anilines is 3. The fourth-order valence-electron chi connectivity index (χ4n) is 4.16. The van der Waals surface area contributed by atoms with Gasteiger partial charge in [-0.2, -0.15) is 13.2 Å². The minimum atomic E-state index is -4.98. The van der Waals surface area contributed by atoms with E-state index in [1.165, 1.54) is 12.1 Å². The predicted molar refractivity (Wildman–Crippen MR) is 144 cm³/mol. The van der Waals surface area contributed by atoms with Crippen LogP contribution in [-0.4, -0.2) is 22.7 Å². The molecule has 1 saturated carbocycles. The van der Waals surface area contributed by atoms with E-state index in [0.717, 1.165) is 24.3 Å². The molecule has 3 N–H and O–H groups in total. The molecule has 2 atom stereocenters. The van der Waals surface area contributed by atoms with E-state index >= 15 is 0 Å². The molecule has 0 heterocycles. The molecule has 5 nitrogen and oxygen atoms in total. The molecule has 214 valence electrons. The van der Waals surface area contributed by atoms with Crippen LogP contribution in [0.15, 0.2) is 48.5 Å². The maximum Gasteiger partial charge on any atom is 0.419 e. The summed E-state index contributed by atoms with van der Waals surface area (Å²) in [6.07, 6.45) is 0.116. The Kier molecular flexibility index (Phi) is 8.41. The van der Waals surface area contributed by atoms with E-state index in [0.29, 0.717) is 12.1 Å². The monoisotopic (exact) mass is 633 g/mol. The molecule has 3 aromatic carbocycles. The quantitative estimate of drug-likeness (QED) is 0.142. The molecule has 0 aliphatic heterocycles. The Balaban J connectivity index is 1.53. The van der Waals surface area contributed by atoms with Crippen LogP contribution in [-0.2, 0) is 11.0 Å². The molecule has 41 heavy (non-hydrogen) atoms. The molecular weight excluding hydrogens is 619 g/mol. The Hall–Kier alpha value is -3.59. The number of hydrogen-bond donors (Lipinski definition) is 3. The van der Waals surface area contributed by atoms with Crippen LogP contribution in [0.25, 0.3) is 0 Å². The number of hydrogen-bond acceptors (Lipinski definition) is 3. The number of amides is 2. The van der Waals surface area contributed by atoms with E-state index in [9.17, 15) is 35.9 Å². The maximum atomic E-state index is 14.8. The van der Waals surface area contributed by atoms with Crippen molar-refractivity contribution >= 4 is 63.7 Å². The number of terminal acetylenes is 1. The summed E-state index contributed by atoms with van der Waals surface area (Å²) in [4.78, 5) is 25.8. The standard InChI is InChI=1S/C27H16Cl3F6N3O2/c1-2-9-37-23-18(32)7-8-19(22(23)33)39-24(40)14-11-13(4-5-16(14)28)38-25(41)21-20(26(21,29)30)12-3-6-17(31)15(10-12)27(34,35)36/h1,3-8,10-11,20-21,37H,9H2,(H,38,41)(H,39,40)/t20-,21+/m0/s1. The second kappa shape index (κ2) is 11.4. The van der Waals surface area contributed by atoms with E-state index in [2.05, 4.69) is 21.9 Å². The first-order valence-corrected chi connectivity index (χ1v) is 12.6. The first kappa shape index (κ1) is 30.4. The summed E-state index contributed by atoms with van der Waals surface area (Å²) in [5.74, 6) is -5.44. The van der Waals surface area contributed by atoms with Gasteiger partial charge in [-0.05, 0) is 48.0 Å². The average molecular weight is 635 g/mol. The zero-order chi connectivity index (χ0) is 30.3. The van der Waals surface area contributed by atoms with Crippen molar-refractivity contribution in [3.63, 3.8) is 0 Å². The third-order valence-corrected chi connectivity index (χ3v) is 7.45. The van der Waals surface area contributed by atoms with Crippen LogP contribution in [0.2, 0.25) is 5.02 Å². The van der Waals surface area contributed by atoms with Gasteiger partial charge in [0.1, 0.15) is 21.7 Å².